The number of rotatable bonds is 3. The van der Waals surface area contributed by atoms with Gasteiger partial charge in [-0.25, -0.2) is 4.79 Å². The standard InChI is InChI=1S/C7H12F3N3OS/c1-6(2,4(11)15)13-5(14)12-3-7(8,9)10/h3H2,1-2H3,(H2,11,15)(H2,12,13,14). The van der Waals surface area contributed by atoms with E-state index in [-0.39, 0.29) is 4.99 Å². The number of hydrogen-bond acceptors (Lipinski definition) is 2. The second kappa shape index (κ2) is 4.65. The first-order valence-electron chi connectivity index (χ1n) is 3.97. The van der Waals surface area contributed by atoms with Crippen LogP contribution < -0.4 is 16.4 Å². The lowest BCUT2D eigenvalue weighted by atomic mass is 10.1. The van der Waals surface area contributed by atoms with Crippen LogP contribution in [0.1, 0.15) is 13.8 Å². The molecule has 2 amide bonds. The van der Waals surface area contributed by atoms with Gasteiger partial charge in [0.25, 0.3) is 0 Å². The van der Waals surface area contributed by atoms with E-state index in [0.29, 0.717) is 0 Å². The number of halogens is 3. The van der Waals surface area contributed by atoms with Gasteiger partial charge in [-0.2, -0.15) is 13.2 Å². The van der Waals surface area contributed by atoms with Gasteiger partial charge in [0.15, 0.2) is 0 Å². The SMILES string of the molecule is CC(C)(NC(=O)NCC(F)(F)F)C(N)=S. The highest BCUT2D eigenvalue weighted by atomic mass is 32.1. The Labute approximate surface area is 90.4 Å². The molecule has 0 heterocycles. The topological polar surface area (TPSA) is 67.2 Å². The quantitative estimate of drug-likeness (QED) is 0.645. The molecule has 0 aromatic heterocycles. The lowest BCUT2D eigenvalue weighted by Gasteiger charge is -2.24. The molecule has 0 aliphatic rings. The number of thiocarbonyl (C=S) groups is 1. The average molecular weight is 243 g/mol. The molecule has 4 N–H and O–H groups in total. The smallest absolute Gasteiger partial charge is 0.391 e. The van der Waals surface area contributed by atoms with E-state index in [9.17, 15) is 18.0 Å². The minimum Gasteiger partial charge on any atom is -0.391 e. The number of carbonyl (C=O) groups excluding carboxylic acids is 1. The van der Waals surface area contributed by atoms with Gasteiger partial charge < -0.3 is 16.4 Å². The van der Waals surface area contributed by atoms with Crippen molar-refractivity contribution in [1.82, 2.24) is 10.6 Å². The molecule has 0 saturated heterocycles. The lowest BCUT2D eigenvalue weighted by molar-refractivity contribution is -0.122. The zero-order valence-electron chi connectivity index (χ0n) is 8.23. The molecule has 15 heavy (non-hydrogen) atoms. The van der Waals surface area contributed by atoms with Crippen molar-refractivity contribution in [1.29, 1.82) is 0 Å². The van der Waals surface area contributed by atoms with Gasteiger partial charge in [0.2, 0.25) is 0 Å². The number of nitrogens with one attached hydrogen (secondary N) is 2. The fourth-order valence-electron chi connectivity index (χ4n) is 0.570. The van der Waals surface area contributed by atoms with Crippen molar-refractivity contribution in [3.05, 3.63) is 0 Å². The lowest BCUT2D eigenvalue weighted by Crippen LogP contribution is -2.55. The summed E-state index contributed by atoms with van der Waals surface area (Å²) in [4.78, 5) is 11.0. The molecule has 0 spiro atoms. The summed E-state index contributed by atoms with van der Waals surface area (Å²) in [6, 6.07) is -0.967. The van der Waals surface area contributed by atoms with Gasteiger partial charge in [-0.3, -0.25) is 0 Å². The fourth-order valence-corrected chi connectivity index (χ4v) is 0.621. The van der Waals surface area contributed by atoms with Gasteiger partial charge in [0.05, 0.1) is 10.5 Å². The summed E-state index contributed by atoms with van der Waals surface area (Å²) in [7, 11) is 0. The summed E-state index contributed by atoms with van der Waals surface area (Å²) in [5, 5.41) is 3.86. The Bertz CT molecular complexity index is 265. The minimum atomic E-state index is -4.44. The summed E-state index contributed by atoms with van der Waals surface area (Å²) in [6.07, 6.45) is -4.44. The van der Waals surface area contributed by atoms with E-state index in [0.717, 1.165) is 0 Å². The molecule has 4 nitrogen and oxygen atoms in total. The third kappa shape index (κ3) is 6.10. The van der Waals surface area contributed by atoms with Gasteiger partial charge in [-0.05, 0) is 13.8 Å². The van der Waals surface area contributed by atoms with Gasteiger partial charge >= 0.3 is 12.2 Å². The molecule has 0 aliphatic heterocycles. The zero-order valence-corrected chi connectivity index (χ0v) is 9.05. The number of nitrogens with two attached hydrogens (primary N) is 1. The molecular formula is C7H12F3N3OS. The molecule has 0 aromatic rings. The number of urea groups is 1. The van der Waals surface area contributed by atoms with Crippen LogP contribution >= 0.6 is 12.2 Å². The van der Waals surface area contributed by atoms with Gasteiger partial charge in [-0.15, -0.1) is 0 Å². The first kappa shape index (κ1) is 13.9. The summed E-state index contributed by atoms with van der Waals surface area (Å²) in [6.45, 7) is 1.58. The molecule has 0 rings (SSSR count). The summed E-state index contributed by atoms with van der Waals surface area (Å²) >= 11 is 4.62. The van der Waals surface area contributed by atoms with Crippen LogP contribution in [0.4, 0.5) is 18.0 Å². The van der Waals surface area contributed by atoms with Crippen molar-refractivity contribution in [2.24, 2.45) is 5.73 Å². The fraction of sp³-hybridized carbons (Fsp3) is 0.714. The van der Waals surface area contributed by atoms with Crippen molar-refractivity contribution >= 4 is 23.2 Å². The third-order valence-corrected chi connectivity index (χ3v) is 2.00. The second-order valence-electron chi connectivity index (χ2n) is 3.41. The van der Waals surface area contributed by atoms with Crippen LogP contribution in [-0.2, 0) is 0 Å². The molecule has 8 heteroatoms. The van der Waals surface area contributed by atoms with Crippen LogP contribution in [0.15, 0.2) is 0 Å². The summed E-state index contributed by atoms with van der Waals surface area (Å²) < 4.78 is 35.1. The van der Waals surface area contributed by atoms with Gasteiger partial charge in [0, 0.05) is 0 Å². The maximum atomic E-state index is 11.7. The van der Waals surface area contributed by atoms with E-state index >= 15 is 0 Å². The van der Waals surface area contributed by atoms with E-state index in [1.54, 1.807) is 5.32 Å². The van der Waals surface area contributed by atoms with Crippen molar-refractivity contribution in [3.63, 3.8) is 0 Å². The molecule has 0 bridgehead atoms. The molecule has 0 radical (unpaired) electrons. The van der Waals surface area contributed by atoms with E-state index < -0.39 is 24.3 Å². The first-order valence-corrected chi connectivity index (χ1v) is 4.38. The highest BCUT2D eigenvalue weighted by molar-refractivity contribution is 7.80. The number of alkyl halides is 3. The Kier molecular flexibility index (Phi) is 4.32. The molecule has 0 aromatic carbocycles. The first-order chi connectivity index (χ1) is 6.54. The monoisotopic (exact) mass is 243 g/mol. The highest BCUT2D eigenvalue weighted by Gasteiger charge is 2.29. The van der Waals surface area contributed by atoms with Crippen LogP contribution in [0.25, 0.3) is 0 Å². The van der Waals surface area contributed by atoms with Gasteiger partial charge in [-0.1, -0.05) is 12.2 Å². The number of amides is 2. The second-order valence-corrected chi connectivity index (χ2v) is 3.85. The highest BCUT2D eigenvalue weighted by Crippen LogP contribution is 2.12. The largest absolute Gasteiger partial charge is 0.405 e. The maximum absolute atomic E-state index is 11.7. The third-order valence-electron chi connectivity index (χ3n) is 1.49. The van der Waals surface area contributed by atoms with E-state index in [4.69, 9.17) is 5.73 Å². The predicted molar refractivity (Wildman–Crippen MR) is 53.5 cm³/mol. The van der Waals surface area contributed by atoms with Crippen LogP contribution in [0.5, 0.6) is 0 Å². The van der Waals surface area contributed by atoms with E-state index in [1.807, 2.05) is 0 Å². The predicted octanol–water partition coefficient (Wildman–Crippen LogP) is 0.913. The van der Waals surface area contributed by atoms with Crippen LogP contribution in [0, 0.1) is 0 Å². The summed E-state index contributed by atoms with van der Waals surface area (Å²) in [5.74, 6) is 0. The molecule has 88 valence electrons. The summed E-state index contributed by atoms with van der Waals surface area (Å²) in [5.41, 5.74) is 4.24. The Morgan fingerprint density at radius 2 is 1.87 bits per heavy atom. The Balaban J connectivity index is 4.11. The molecule has 0 atom stereocenters. The van der Waals surface area contributed by atoms with Crippen molar-refractivity contribution < 1.29 is 18.0 Å². The maximum Gasteiger partial charge on any atom is 0.405 e. The molecule has 0 aliphatic carbocycles. The molecule has 0 unspecified atom stereocenters. The molecule has 0 fully saturated rings. The van der Waals surface area contributed by atoms with Crippen LogP contribution in [0.3, 0.4) is 0 Å². The molecule has 0 saturated carbocycles. The van der Waals surface area contributed by atoms with Crippen LogP contribution in [-0.4, -0.2) is 29.3 Å². The Morgan fingerprint density at radius 1 is 1.40 bits per heavy atom. The zero-order chi connectivity index (χ0) is 12.3. The number of carbonyl (C=O) groups is 1. The van der Waals surface area contributed by atoms with Crippen molar-refractivity contribution in [3.8, 4) is 0 Å². The van der Waals surface area contributed by atoms with Gasteiger partial charge in [0.1, 0.15) is 6.54 Å². The van der Waals surface area contributed by atoms with E-state index in [2.05, 4.69) is 17.5 Å². The normalized spacial score (nSPS) is 12.1. The van der Waals surface area contributed by atoms with E-state index in [1.165, 1.54) is 13.8 Å². The van der Waals surface area contributed by atoms with Crippen LogP contribution in [0.2, 0.25) is 0 Å². The van der Waals surface area contributed by atoms with Crippen molar-refractivity contribution in [2.75, 3.05) is 6.54 Å². The average Bonchev–Trinajstić information content (AvgIpc) is 1.98. The number of hydrogen-bond donors (Lipinski definition) is 3. The molecular weight excluding hydrogens is 231 g/mol. The minimum absolute atomic E-state index is 0.00958. The Morgan fingerprint density at radius 3 is 2.20 bits per heavy atom. The van der Waals surface area contributed by atoms with Crippen molar-refractivity contribution in [2.45, 2.75) is 25.6 Å². The Hall–Kier alpha value is -1.05.